The molecule has 2 N–H and O–H groups in total. The van der Waals surface area contributed by atoms with Gasteiger partial charge in [-0.3, -0.25) is 14.4 Å². The van der Waals surface area contributed by atoms with Gasteiger partial charge in [0.2, 0.25) is 17.7 Å². The third kappa shape index (κ3) is 4.27. The molecule has 5 atom stereocenters. The van der Waals surface area contributed by atoms with Crippen molar-refractivity contribution in [3.05, 3.63) is 42.0 Å². The molecule has 1 spiro atoms. The van der Waals surface area contributed by atoms with Crippen LogP contribution in [0.4, 0.5) is 5.69 Å². The molecule has 0 radical (unpaired) electrons. The summed E-state index contributed by atoms with van der Waals surface area (Å²) in [5, 5.41) is 6.34. The number of carbonyl (C=O) groups excluding carboxylic acids is 3. The van der Waals surface area contributed by atoms with E-state index in [2.05, 4.69) is 24.5 Å². The van der Waals surface area contributed by atoms with Crippen molar-refractivity contribution in [2.45, 2.75) is 114 Å². The van der Waals surface area contributed by atoms with Crippen LogP contribution in [0.2, 0.25) is 0 Å². The SMILES string of the molecule is CC(C)c1ccc(NC(=O)[C@@H]2[C@H]3C=C[C@]4(O3)[C@H](C(=O)NC3CCCCC3)N(C3CCCCC3)C(=O)[C@@H]24)cc1. The second-order valence-corrected chi connectivity index (χ2v) is 12.3. The molecule has 0 unspecified atom stereocenters. The van der Waals surface area contributed by atoms with Crippen LogP contribution in [0.25, 0.3) is 0 Å². The van der Waals surface area contributed by atoms with E-state index >= 15 is 0 Å². The molecule has 2 aliphatic carbocycles. The van der Waals surface area contributed by atoms with Gasteiger partial charge in [-0.2, -0.15) is 0 Å². The Morgan fingerprint density at radius 2 is 1.61 bits per heavy atom. The monoisotopic (exact) mass is 519 g/mol. The minimum atomic E-state index is -1.08. The van der Waals surface area contributed by atoms with Crippen LogP contribution in [0.1, 0.15) is 89.5 Å². The van der Waals surface area contributed by atoms with Gasteiger partial charge in [-0.05, 0) is 49.3 Å². The minimum absolute atomic E-state index is 0.0154. The van der Waals surface area contributed by atoms with Gasteiger partial charge in [-0.25, -0.2) is 0 Å². The van der Waals surface area contributed by atoms with Crippen molar-refractivity contribution < 1.29 is 19.1 Å². The van der Waals surface area contributed by atoms with E-state index in [4.69, 9.17) is 4.74 Å². The molecule has 7 nitrogen and oxygen atoms in total. The third-order valence-electron chi connectivity index (χ3n) is 9.63. The maximum Gasteiger partial charge on any atom is 0.246 e. The fraction of sp³-hybridized carbons (Fsp3) is 0.645. The molecule has 3 aliphatic heterocycles. The quantitative estimate of drug-likeness (QED) is 0.534. The zero-order chi connectivity index (χ0) is 26.4. The Hall–Kier alpha value is -2.67. The van der Waals surface area contributed by atoms with Gasteiger partial charge in [0.25, 0.3) is 0 Å². The van der Waals surface area contributed by atoms with Crippen molar-refractivity contribution >= 4 is 23.4 Å². The van der Waals surface area contributed by atoms with Crippen LogP contribution >= 0.6 is 0 Å². The lowest BCUT2D eigenvalue weighted by molar-refractivity contribution is -0.144. The Bertz CT molecular complexity index is 1100. The number of ether oxygens (including phenoxy) is 1. The van der Waals surface area contributed by atoms with Gasteiger partial charge in [-0.1, -0.05) is 76.7 Å². The first kappa shape index (κ1) is 25.6. The first-order valence-electron chi connectivity index (χ1n) is 14.8. The number of carbonyl (C=O) groups is 3. The normalized spacial score (nSPS) is 33.1. The van der Waals surface area contributed by atoms with Crippen LogP contribution in [0.5, 0.6) is 0 Å². The second-order valence-electron chi connectivity index (χ2n) is 12.3. The van der Waals surface area contributed by atoms with E-state index in [0.29, 0.717) is 11.6 Å². The molecule has 2 saturated carbocycles. The van der Waals surface area contributed by atoms with E-state index in [-0.39, 0.29) is 29.8 Å². The highest BCUT2D eigenvalue weighted by molar-refractivity contribution is 6.03. The summed E-state index contributed by atoms with van der Waals surface area (Å²) in [7, 11) is 0. The van der Waals surface area contributed by atoms with Crippen LogP contribution in [0, 0.1) is 11.8 Å². The van der Waals surface area contributed by atoms with Gasteiger partial charge in [0, 0.05) is 17.8 Å². The lowest BCUT2D eigenvalue weighted by Crippen LogP contribution is -2.58. The largest absolute Gasteiger partial charge is 0.359 e. The molecule has 3 heterocycles. The topological polar surface area (TPSA) is 87.7 Å². The Labute approximate surface area is 225 Å². The minimum Gasteiger partial charge on any atom is -0.359 e. The fourth-order valence-electron chi connectivity index (χ4n) is 7.66. The highest BCUT2D eigenvalue weighted by Crippen LogP contribution is 2.56. The molecular weight excluding hydrogens is 478 g/mol. The predicted octanol–water partition coefficient (Wildman–Crippen LogP) is 4.68. The smallest absolute Gasteiger partial charge is 0.246 e. The number of anilines is 1. The molecule has 204 valence electrons. The summed E-state index contributed by atoms with van der Waals surface area (Å²) < 4.78 is 6.53. The van der Waals surface area contributed by atoms with Crippen LogP contribution in [0.3, 0.4) is 0 Å². The van der Waals surface area contributed by atoms with Crippen LogP contribution in [-0.4, -0.2) is 52.5 Å². The Balaban J connectivity index is 1.29. The third-order valence-corrected chi connectivity index (χ3v) is 9.63. The number of hydrogen-bond donors (Lipinski definition) is 2. The summed E-state index contributed by atoms with van der Waals surface area (Å²) in [6, 6.07) is 7.31. The van der Waals surface area contributed by atoms with Crippen molar-refractivity contribution in [2.24, 2.45) is 11.8 Å². The highest BCUT2D eigenvalue weighted by atomic mass is 16.5. The molecule has 5 aliphatic rings. The Morgan fingerprint density at radius 1 is 0.947 bits per heavy atom. The number of nitrogens with zero attached hydrogens (tertiary/aromatic N) is 1. The van der Waals surface area contributed by atoms with E-state index in [9.17, 15) is 14.4 Å². The molecule has 6 rings (SSSR count). The molecule has 0 aromatic heterocycles. The van der Waals surface area contributed by atoms with Crippen molar-refractivity contribution in [1.82, 2.24) is 10.2 Å². The average molecular weight is 520 g/mol. The summed E-state index contributed by atoms with van der Waals surface area (Å²) in [5.41, 5.74) is 0.831. The van der Waals surface area contributed by atoms with E-state index in [0.717, 1.165) is 57.8 Å². The van der Waals surface area contributed by atoms with Crippen molar-refractivity contribution in [3.63, 3.8) is 0 Å². The van der Waals surface area contributed by atoms with Crippen LogP contribution in [0.15, 0.2) is 36.4 Å². The first-order valence-corrected chi connectivity index (χ1v) is 14.8. The zero-order valence-electron chi connectivity index (χ0n) is 22.7. The maximum atomic E-state index is 14.2. The number of likely N-dealkylation sites (tertiary alicyclic amines) is 1. The number of fused-ring (bicyclic) bond motifs is 1. The number of amides is 3. The number of benzene rings is 1. The molecule has 7 heteroatoms. The van der Waals surface area contributed by atoms with Crippen LogP contribution < -0.4 is 10.6 Å². The van der Waals surface area contributed by atoms with E-state index in [1.807, 2.05) is 41.3 Å². The summed E-state index contributed by atoms with van der Waals surface area (Å²) >= 11 is 0. The van der Waals surface area contributed by atoms with Gasteiger partial charge in [0.05, 0.1) is 17.9 Å². The van der Waals surface area contributed by atoms with Gasteiger partial charge in [0.1, 0.15) is 11.6 Å². The summed E-state index contributed by atoms with van der Waals surface area (Å²) in [5.74, 6) is -1.36. The predicted molar refractivity (Wildman–Crippen MR) is 145 cm³/mol. The van der Waals surface area contributed by atoms with Crippen molar-refractivity contribution in [1.29, 1.82) is 0 Å². The Kier molecular flexibility index (Phi) is 6.83. The van der Waals surface area contributed by atoms with Gasteiger partial charge in [-0.15, -0.1) is 0 Å². The lowest BCUT2D eigenvalue weighted by Gasteiger charge is -2.39. The molecule has 1 aromatic rings. The summed E-state index contributed by atoms with van der Waals surface area (Å²) in [6.07, 6.45) is 13.8. The van der Waals surface area contributed by atoms with Crippen molar-refractivity contribution in [3.8, 4) is 0 Å². The van der Waals surface area contributed by atoms with Gasteiger partial charge < -0.3 is 20.3 Å². The van der Waals surface area contributed by atoms with E-state index in [1.54, 1.807) is 0 Å². The molecule has 38 heavy (non-hydrogen) atoms. The maximum absolute atomic E-state index is 14.2. The highest BCUT2D eigenvalue weighted by Gasteiger charge is 2.73. The average Bonchev–Trinajstić information content (AvgIpc) is 3.57. The first-order chi connectivity index (χ1) is 18.4. The van der Waals surface area contributed by atoms with Gasteiger partial charge >= 0.3 is 0 Å². The fourth-order valence-corrected chi connectivity index (χ4v) is 7.66. The lowest BCUT2D eigenvalue weighted by atomic mass is 9.74. The summed E-state index contributed by atoms with van der Waals surface area (Å²) in [4.78, 5) is 43.7. The molecule has 3 amide bonds. The molecule has 1 aromatic carbocycles. The molecule has 2 saturated heterocycles. The van der Waals surface area contributed by atoms with Crippen molar-refractivity contribution in [2.75, 3.05) is 5.32 Å². The van der Waals surface area contributed by atoms with E-state index < -0.39 is 29.6 Å². The standard InChI is InChI=1S/C31H41N3O4/c1-19(2)20-13-15-22(16-14-20)32-28(35)25-24-17-18-31(38-24)26(25)30(37)34(23-11-7-4-8-12-23)27(31)29(36)33-21-9-5-3-6-10-21/h13-19,21,23-27H,3-12H2,1-2H3,(H,32,35)(H,33,36)/t24-,25-,26-,27+,31-/m1/s1. The summed E-state index contributed by atoms with van der Waals surface area (Å²) in [6.45, 7) is 4.27. The molecular formula is C31H41N3O4. The second kappa shape index (κ2) is 10.1. The number of rotatable bonds is 6. The van der Waals surface area contributed by atoms with Crippen LogP contribution in [-0.2, 0) is 19.1 Å². The number of nitrogens with one attached hydrogen (secondary N) is 2. The number of hydrogen-bond acceptors (Lipinski definition) is 4. The Morgan fingerprint density at radius 3 is 2.26 bits per heavy atom. The molecule has 2 bridgehead atoms. The van der Waals surface area contributed by atoms with Gasteiger partial charge in [0.15, 0.2) is 0 Å². The van der Waals surface area contributed by atoms with E-state index in [1.165, 1.54) is 12.0 Å². The molecule has 4 fully saturated rings. The zero-order valence-corrected chi connectivity index (χ0v) is 22.7.